The Hall–Kier alpha value is -0.850. The van der Waals surface area contributed by atoms with Crippen molar-refractivity contribution in [1.82, 2.24) is 4.98 Å². The van der Waals surface area contributed by atoms with E-state index < -0.39 is 0 Å². The molecule has 2 rings (SSSR count). The molecule has 0 aliphatic heterocycles. The zero-order valence-electron chi connectivity index (χ0n) is 9.49. The summed E-state index contributed by atoms with van der Waals surface area (Å²) in [5.41, 5.74) is 1.47. The maximum Gasteiger partial charge on any atom is 0.0270 e. The third-order valence-corrected chi connectivity index (χ3v) is 3.50. The molecule has 82 valence electrons. The molecule has 0 bridgehead atoms. The lowest BCUT2D eigenvalue weighted by Gasteiger charge is -2.19. The van der Waals surface area contributed by atoms with Gasteiger partial charge in [-0.05, 0) is 30.0 Å². The van der Waals surface area contributed by atoms with E-state index in [4.69, 9.17) is 0 Å². The number of rotatable bonds is 2. The van der Waals surface area contributed by atoms with Crippen molar-refractivity contribution in [1.29, 1.82) is 0 Å². The fourth-order valence-corrected chi connectivity index (χ4v) is 2.60. The summed E-state index contributed by atoms with van der Waals surface area (Å²) in [7, 11) is 0. The Morgan fingerprint density at radius 1 is 0.933 bits per heavy atom. The van der Waals surface area contributed by atoms with Crippen LogP contribution in [0.1, 0.15) is 50.5 Å². The maximum absolute atomic E-state index is 4.07. The Bertz CT molecular complexity index is 260. The molecule has 0 N–H and O–H groups in total. The number of pyridine rings is 1. The van der Waals surface area contributed by atoms with Crippen LogP contribution in [0.25, 0.3) is 0 Å². The van der Waals surface area contributed by atoms with Gasteiger partial charge in [0.1, 0.15) is 0 Å². The normalized spacial score (nSPS) is 19.5. The first-order valence-corrected chi connectivity index (χ1v) is 6.34. The van der Waals surface area contributed by atoms with E-state index in [0.29, 0.717) is 0 Å². The van der Waals surface area contributed by atoms with Crippen molar-refractivity contribution < 1.29 is 0 Å². The van der Waals surface area contributed by atoms with E-state index in [-0.39, 0.29) is 0 Å². The van der Waals surface area contributed by atoms with Crippen molar-refractivity contribution >= 4 is 0 Å². The zero-order chi connectivity index (χ0) is 10.3. The van der Waals surface area contributed by atoms with Crippen LogP contribution in [0.2, 0.25) is 0 Å². The minimum absolute atomic E-state index is 0.924. The van der Waals surface area contributed by atoms with Crippen LogP contribution >= 0.6 is 0 Å². The van der Waals surface area contributed by atoms with Crippen LogP contribution in [0.3, 0.4) is 0 Å². The first-order valence-electron chi connectivity index (χ1n) is 6.34. The number of nitrogens with zero attached hydrogens (tertiary/aromatic N) is 1. The summed E-state index contributed by atoms with van der Waals surface area (Å²) in [4.78, 5) is 4.07. The van der Waals surface area contributed by atoms with Crippen LogP contribution in [-0.4, -0.2) is 4.98 Å². The van der Waals surface area contributed by atoms with Gasteiger partial charge in [0, 0.05) is 12.4 Å². The lowest BCUT2D eigenvalue weighted by atomic mass is 9.87. The maximum atomic E-state index is 4.07. The Balaban J connectivity index is 1.86. The van der Waals surface area contributed by atoms with Gasteiger partial charge in [0.25, 0.3) is 0 Å². The smallest absolute Gasteiger partial charge is 0.0270 e. The third-order valence-electron chi connectivity index (χ3n) is 3.50. The summed E-state index contributed by atoms with van der Waals surface area (Å²) in [6.07, 6.45) is 15.2. The van der Waals surface area contributed by atoms with Gasteiger partial charge in [-0.1, -0.05) is 44.9 Å². The van der Waals surface area contributed by atoms with Crippen LogP contribution < -0.4 is 0 Å². The van der Waals surface area contributed by atoms with Gasteiger partial charge < -0.3 is 0 Å². The third kappa shape index (κ3) is 3.65. The minimum atomic E-state index is 0.924. The van der Waals surface area contributed by atoms with Crippen LogP contribution in [0.5, 0.6) is 0 Å². The average Bonchev–Trinajstić information content (AvgIpc) is 2.23. The molecule has 0 amide bonds. The van der Waals surface area contributed by atoms with Crippen molar-refractivity contribution in [2.75, 3.05) is 0 Å². The minimum Gasteiger partial charge on any atom is -0.265 e. The fraction of sp³-hybridized carbons (Fsp3) is 0.643. The number of hydrogen-bond acceptors (Lipinski definition) is 1. The summed E-state index contributed by atoms with van der Waals surface area (Å²) in [5, 5.41) is 0. The largest absolute Gasteiger partial charge is 0.265 e. The molecule has 1 aromatic heterocycles. The van der Waals surface area contributed by atoms with E-state index in [0.717, 1.165) is 5.92 Å². The highest BCUT2D eigenvalue weighted by Crippen LogP contribution is 2.25. The molecule has 1 aliphatic carbocycles. The molecule has 0 spiro atoms. The van der Waals surface area contributed by atoms with Gasteiger partial charge in [0.15, 0.2) is 0 Å². The Morgan fingerprint density at radius 3 is 2.20 bits per heavy atom. The van der Waals surface area contributed by atoms with Gasteiger partial charge in [-0.3, -0.25) is 4.98 Å². The summed E-state index contributed by atoms with van der Waals surface area (Å²) in [6, 6.07) is 4.33. The van der Waals surface area contributed by atoms with Crippen molar-refractivity contribution in [2.24, 2.45) is 5.92 Å². The Labute approximate surface area is 92.9 Å². The van der Waals surface area contributed by atoms with Crippen LogP contribution in [-0.2, 0) is 6.42 Å². The van der Waals surface area contributed by atoms with Gasteiger partial charge in [-0.15, -0.1) is 0 Å². The molecule has 0 unspecified atom stereocenters. The lowest BCUT2D eigenvalue weighted by Crippen LogP contribution is -2.07. The van der Waals surface area contributed by atoms with Crippen molar-refractivity contribution in [3.8, 4) is 0 Å². The van der Waals surface area contributed by atoms with E-state index in [2.05, 4.69) is 17.1 Å². The highest BCUT2D eigenvalue weighted by atomic mass is 14.6. The predicted molar refractivity (Wildman–Crippen MR) is 63.8 cm³/mol. The highest BCUT2D eigenvalue weighted by Gasteiger charge is 2.11. The van der Waals surface area contributed by atoms with E-state index in [1.807, 2.05) is 12.4 Å². The molecule has 0 atom stereocenters. The SMILES string of the molecule is c1cc(CC2CCCCCCC2)ccn1. The van der Waals surface area contributed by atoms with Crippen molar-refractivity contribution in [3.63, 3.8) is 0 Å². The predicted octanol–water partition coefficient (Wildman–Crippen LogP) is 3.98. The molecule has 0 aromatic carbocycles. The Morgan fingerprint density at radius 2 is 1.53 bits per heavy atom. The second kappa shape index (κ2) is 5.89. The van der Waals surface area contributed by atoms with E-state index >= 15 is 0 Å². The van der Waals surface area contributed by atoms with Gasteiger partial charge in [-0.25, -0.2) is 0 Å². The molecule has 0 radical (unpaired) electrons. The Kier molecular flexibility index (Phi) is 4.19. The standard InChI is InChI=1S/C14H21N/c1-2-4-6-13(7-5-3-1)12-14-8-10-15-11-9-14/h8-11,13H,1-7,12H2. The van der Waals surface area contributed by atoms with Gasteiger partial charge in [0.2, 0.25) is 0 Å². The first kappa shape index (κ1) is 10.7. The lowest BCUT2D eigenvalue weighted by molar-refractivity contribution is 0.376. The van der Waals surface area contributed by atoms with E-state index in [1.54, 1.807) is 0 Å². The van der Waals surface area contributed by atoms with E-state index in [1.165, 1.54) is 56.9 Å². The molecular weight excluding hydrogens is 182 g/mol. The average molecular weight is 203 g/mol. The van der Waals surface area contributed by atoms with E-state index in [9.17, 15) is 0 Å². The molecule has 1 fully saturated rings. The topological polar surface area (TPSA) is 12.9 Å². The van der Waals surface area contributed by atoms with Crippen LogP contribution in [0, 0.1) is 5.92 Å². The van der Waals surface area contributed by atoms with Gasteiger partial charge >= 0.3 is 0 Å². The number of hydrogen-bond donors (Lipinski definition) is 0. The van der Waals surface area contributed by atoms with Crippen molar-refractivity contribution in [2.45, 2.75) is 51.4 Å². The van der Waals surface area contributed by atoms with Gasteiger partial charge in [0.05, 0.1) is 0 Å². The molecule has 1 aromatic rings. The van der Waals surface area contributed by atoms with Gasteiger partial charge in [-0.2, -0.15) is 0 Å². The molecule has 1 heterocycles. The molecule has 1 nitrogen and oxygen atoms in total. The summed E-state index contributed by atoms with van der Waals surface area (Å²) in [5.74, 6) is 0.924. The first-order chi connectivity index (χ1) is 7.45. The molecule has 15 heavy (non-hydrogen) atoms. The monoisotopic (exact) mass is 203 g/mol. The molecule has 0 saturated heterocycles. The van der Waals surface area contributed by atoms with Crippen LogP contribution in [0.4, 0.5) is 0 Å². The number of aromatic nitrogens is 1. The highest BCUT2D eigenvalue weighted by molar-refractivity contribution is 5.10. The molecular formula is C14H21N. The summed E-state index contributed by atoms with van der Waals surface area (Å²) in [6.45, 7) is 0. The quantitative estimate of drug-likeness (QED) is 0.708. The van der Waals surface area contributed by atoms with Crippen LogP contribution in [0.15, 0.2) is 24.5 Å². The second-order valence-corrected chi connectivity index (χ2v) is 4.77. The zero-order valence-corrected chi connectivity index (χ0v) is 9.49. The summed E-state index contributed by atoms with van der Waals surface area (Å²) < 4.78 is 0. The fourth-order valence-electron chi connectivity index (χ4n) is 2.60. The molecule has 1 saturated carbocycles. The molecule has 1 heteroatoms. The second-order valence-electron chi connectivity index (χ2n) is 4.77. The summed E-state index contributed by atoms with van der Waals surface area (Å²) >= 11 is 0. The molecule has 1 aliphatic rings. The van der Waals surface area contributed by atoms with Crippen molar-refractivity contribution in [3.05, 3.63) is 30.1 Å².